The number of aromatic nitrogens is 2. The fraction of sp³-hybridized carbons (Fsp3) is 0.273. The summed E-state index contributed by atoms with van der Waals surface area (Å²) in [6.07, 6.45) is 3.26. The van der Waals surface area contributed by atoms with Gasteiger partial charge in [-0.3, -0.25) is 24.6 Å². The molecule has 58 heavy (non-hydrogen) atoms. The van der Waals surface area contributed by atoms with Crippen LogP contribution < -0.4 is 14.9 Å². The number of nitro groups is 1. The molecule has 12 nitrogen and oxygen atoms in total. The standard InChI is InChI=1S/C44H45ClN8O4S/c45-36-12-10-34(11-13-36)39-9-5-4-8-35(39)30-51-22-24-52(25-23-51)37-14-16-40-42(26-37)47-31-48-44(40)49-58(56,57)38-15-17-41(43(27-38)53(54)55)46-28-32-18-20-50(21-19-32)29-33-6-2-1-3-7-33/h1-17,26-27,31-32,46H,18-25,28-30H2,(H,47,48,49). The van der Waals surface area contributed by atoms with Crippen molar-refractivity contribution in [2.75, 3.05) is 60.8 Å². The second-order valence-electron chi connectivity index (χ2n) is 15.0. The number of rotatable bonds is 13. The Morgan fingerprint density at radius 3 is 2.26 bits per heavy atom. The smallest absolute Gasteiger partial charge is 0.293 e. The summed E-state index contributed by atoms with van der Waals surface area (Å²) in [5.41, 5.74) is 6.45. The first-order chi connectivity index (χ1) is 28.2. The van der Waals surface area contributed by atoms with E-state index >= 15 is 0 Å². The number of halogens is 1. The summed E-state index contributed by atoms with van der Waals surface area (Å²) in [5, 5.41) is 16.6. The molecule has 0 amide bonds. The topological polar surface area (TPSA) is 137 Å². The number of nitro benzene ring substituents is 1. The maximum absolute atomic E-state index is 13.7. The van der Waals surface area contributed by atoms with Gasteiger partial charge in [-0.25, -0.2) is 18.4 Å². The minimum Gasteiger partial charge on any atom is -0.379 e. The van der Waals surface area contributed by atoms with Crippen LogP contribution in [0.25, 0.3) is 22.0 Å². The Morgan fingerprint density at radius 2 is 1.50 bits per heavy atom. The third-order valence-electron chi connectivity index (χ3n) is 11.2. The molecule has 8 rings (SSSR count). The number of fused-ring (bicyclic) bond motifs is 1. The fourth-order valence-corrected chi connectivity index (χ4v) is 9.08. The summed E-state index contributed by atoms with van der Waals surface area (Å²) in [7, 11) is -4.23. The highest BCUT2D eigenvalue weighted by Crippen LogP contribution is 2.32. The van der Waals surface area contributed by atoms with E-state index in [9.17, 15) is 18.5 Å². The zero-order valence-electron chi connectivity index (χ0n) is 32.0. The van der Waals surface area contributed by atoms with Crippen LogP contribution in [0.4, 0.5) is 22.9 Å². The molecule has 0 radical (unpaired) electrons. The van der Waals surface area contributed by atoms with Gasteiger partial charge in [0.2, 0.25) is 0 Å². The van der Waals surface area contributed by atoms with E-state index in [2.05, 4.69) is 83.2 Å². The van der Waals surface area contributed by atoms with Crippen molar-refractivity contribution < 1.29 is 13.3 Å². The van der Waals surface area contributed by atoms with Gasteiger partial charge in [0.25, 0.3) is 15.7 Å². The van der Waals surface area contributed by atoms with E-state index in [1.807, 2.05) is 48.5 Å². The van der Waals surface area contributed by atoms with Crippen LogP contribution in [-0.4, -0.2) is 78.9 Å². The lowest BCUT2D eigenvalue weighted by Crippen LogP contribution is -2.46. The molecule has 298 valence electrons. The van der Waals surface area contributed by atoms with Crippen molar-refractivity contribution in [1.29, 1.82) is 0 Å². The van der Waals surface area contributed by atoms with Crippen molar-refractivity contribution in [1.82, 2.24) is 19.8 Å². The van der Waals surface area contributed by atoms with Crippen molar-refractivity contribution >= 4 is 55.4 Å². The van der Waals surface area contributed by atoms with Crippen LogP contribution in [0.15, 0.2) is 126 Å². The summed E-state index contributed by atoms with van der Waals surface area (Å²) in [4.78, 5) is 27.3. The largest absolute Gasteiger partial charge is 0.379 e. The van der Waals surface area contributed by atoms with Crippen molar-refractivity contribution in [2.24, 2.45) is 5.92 Å². The molecule has 2 aliphatic heterocycles. The number of hydrogen-bond acceptors (Lipinski definition) is 10. The molecule has 0 saturated carbocycles. The third kappa shape index (κ3) is 9.24. The quantitative estimate of drug-likeness (QED) is 0.0866. The molecule has 2 saturated heterocycles. The Hall–Kier alpha value is -5.60. The van der Waals surface area contributed by atoms with Crippen LogP contribution in [0.2, 0.25) is 5.02 Å². The average molecular weight is 817 g/mol. The molecular formula is C44H45ClN8O4S. The van der Waals surface area contributed by atoms with E-state index in [0.29, 0.717) is 29.1 Å². The van der Waals surface area contributed by atoms with E-state index < -0.39 is 14.9 Å². The third-order valence-corrected chi connectivity index (χ3v) is 12.8. The normalized spacial score (nSPS) is 15.7. The van der Waals surface area contributed by atoms with Crippen LogP contribution in [-0.2, 0) is 23.1 Å². The summed E-state index contributed by atoms with van der Waals surface area (Å²) < 4.78 is 29.9. The molecule has 2 fully saturated rings. The van der Waals surface area contributed by atoms with E-state index in [1.165, 1.54) is 35.2 Å². The minimum atomic E-state index is -4.23. The van der Waals surface area contributed by atoms with Gasteiger partial charge >= 0.3 is 0 Å². The number of piperazine rings is 1. The molecule has 2 N–H and O–H groups in total. The molecule has 5 aromatic carbocycles. The van der Waals surface area contributed by atoms with Crippen LogP contribution in [0, 0.1) is 16.0 Å². The number of nitrogens with zero attached hydrogens (tertiary/aromatic N) is 6. The first-order valence-electron chi connectivity index (χ1n) is 19.6. The van der Waals surface area contributed by atoms with Gasteiger partial charge in [0.1, 0.15) is 12.0 Å². The van der Waals surface area contributed by atoms with E-state index in [0.717, 1.165) is 87.5 Å². The predicted octanol–water partition coefficient (Wildman–Crippen LogP) is 8.31. The molecule has 0 unspecified atom stereocenters. The van der Waals surface area contributed by atoms with Crippen molar-refractivity contribution in [3.63, 3.8) is 0 Å². The first kappa shape index (κ1) is 39.2. The Bertz CT molecular complexity index is 2490. The highest BCUT2D eigenvalue weighted by molar-refractivity contribution is 7.92. The summed E-state index contributed by atoms with van der Waals surface area (Å²) >= 11 is 6.14. The number of likely N-dealkylation sites (tertiary alicyclic amines) is 1. The number of nitrogens with one attached hydrogen (secondary N) is 2. The Labute approximate surface area is 343 Å². The average Bonchev–Trinajstić information content (AvgIpc) is 3.24. The molecule has 1 aromatic heterocycles. The lowest BCUT2D eigenvalue weighted by molar-refractivity contribution is -0.384. The molecule has 0 atom stereocenters. The lowest BCUT2D eigenvalue weighted by Gasteiger charge is -2.36. The molecule has 0 bridgehead atoms. The number of piperidine rings is 1. The monoisotopic (exact) mass is 816 g/mol. The SMILES string of the molecule is O=[N+]([O-])c1cc(S(=O)(=O)Nc2ncnc3cc(N4CCN(Cc5ccccc5-c5ccc(Cl)cc5)CC4)ccc23)ccc1NCC1CCN(Cc2ccccc2)CC1. The number of sulfonamides is 1. The molecule has 0 spiro atoms. The summed E-state index contributed by atoms with van der Waals surface area (Å²) in [5.74, 6) is 0.450. The van der Waals surface area contributed by atoms with Gasteiger partial charge in [-0.2, -0.15) is 0 Å². The molecule has 3 heterocycles. The zero-order valence-corrected chi connectivity index (χ0v) is 33.6. The van der Waals surface area contributed by atoms with Gasteiger partial charge in [-0.1, -0.05) is 78.3 Å². The second-order valence-corrected chi connectivity index (χ2v) is 17.1. The fourth-order valence-electron chi connectivity index (χ4n) is 7.91. The van der Waals surface area contributed by atoms with Crippen LogP contribution in [0.3, 0.4) is 0 Å². The van der Waals surface area contributed by atoms with Crippen LogP contribution in [0.5, 0.6) is 0 Å². The van der Waals surface area contributed by atoms with Gasteiger partial charge in [-0.15, -0.1) is 0 Å². The predicted molar refractivity (Wildman–Crippen MR) is 231 cm³/mol. The second kappa shape index (κ2) is 17.5. The Morgan fingerprint density at radius 1 is 0.776 bits per heavy atom. The van der Waals surface area contributed by atoms with E-state index in [4.69, 9.17) is 11.6 Å². The number of benzene rings is 5. The Kier molecular flexibility index (Phi) is 11.8. The Balaban J connectivity index is 0.887. The van der Waals surface area contributed by atoms with Gasteiger partial charge in [-0.05, 0) is 96.6 Å². The zero-order chi connectivity index (χ0) is 40.1. The van der Waals surface area contributed by atoms with E-state index in [-0.39, 0.29) is 16.4 Å². The maximum Gasteiger partial charge on any atom is 0.293 e. The molecule has 14 heteroatoms. The van der Waals surface area contributed by atoms with Crippen molar-refractivity contribution in [3.8, 4) is 11.1 Å². The number of hydrogen-bond donors (Lipinski definition) is 2. The van der Waals surface area contributed by atoms with Gasteiger partial charge in [0.15, 0.2) is 5.82 Å². The molecular weight excluding hydrogens is 772 g/mol. The van der Waals surface area contributed by atoms with Gasteiger partial charge < -0.3 is 10.2 Å². The number of anilines is 3. The molecule has 2 aliphatic rings. The minimum absolute atomic E-state index is 0.101. The van der Waals surface area contributed by atoms with Gasteiger partial charge in [0.05, 0.1) is 15.3 Å². The van der Waals surface area contributed by atoms with Crippen molar-refractivity contribution in [2.45, 2.75) is 30.8 Å². The first-order valence-corrected chi connectivity index (χ1v) is 21.4. The van der Waals surface area contributed by atoms with E-state index in [1.54, 1.807) is 0 Å². The summed E-state index contributed by atoms with van der Waals surface area (Å²) in [6, 6.07) is 36.5. The molecule has 6 aromatic rings. The maximum atomic E-state index is 13.7. The van der Waals surface area contributed by atoms with Gasteiger partial charge in [0, 0.05) is 68.0 Å². The lowest BCUT2D eigenvalue weighted by atomic mass is 9.96. The van der Waals surface area contributed by atoms with Crippen LogP contribution in [0.1, 0.15) is 24.0 Å². The highest BCUT2D eigenvalue weighted by Gasteiger charge is 2.25. The van der Waals surface area contributed by atoms with Crippen LogP contribution >= 0.6 is 11.6 Å². The summed E-state index contributed by atoms with van der Waals surface area (Å²) in [6.45, 7) is 7.58. The highest BCUT2D eigenvalue weighted by atomic mass is 35.5. The molecule has 0 aliphatic carbocycles. The van der Waals surface area contributed by atoms with Crippen molar-refractivity contribution in [3.05, 3.63) is 148 Å².